The molecule has 1 atom stereocenters. The Balaban J connectivity index is 0. The Kier molecular flexibility index (Phi) is 11.2. The van der Waals surface area contributed by atoms with Crippen molar-refractivity contribution in [1.29, 1.82) is 0 Å². The van der Waals surface area contributed by atoms with Crippen LogP contribution in [0.15, 0.2) is 23.2 Å². The molecule has 0 spiro atoms. The molecule has 0 saturated carbocycles. The van der Waals surface area contributed by atoms with Crippen molar-refractivity contribution in [2.75, 3.05) is 52.5 Å². The van der Waals surface area contributed by atoms with E-state index in [0.29, 0.717) is 55.1 Å². The summed E-state index contributed by atoms with van der Waals surface area (Å²) in [6.07, 6.45) is 0. The molecule has 0 fully saturated rings. The fourth-order valence-corrected chi connectivity index (χ4v) is 3.42. The number of benzene rings is 1. The maximum atomic E-state index is 11.3. The summed E-state index contributed by atoms with van der Waals surface area (Å²) >= 11 is 1.30. The number of aliphatic imine (C=N–C) groups is 1. The van der Waals surface area contributed by atoms with Crippen molar-refractivity contribution in [3.05, 3.63) is 23.8 Å². The van der Waals surface area contributed by atoms with Crippen LogP contribution in [0.2, 0.25) is 0 Å². The van der Waals surface area contributed by atoms with Crippen LogP contribution in [0.25, 0.3) is 0 Å². The maximum absolute atomic E-state index is 11.3. The van der Waals surface area contributed by atoms with Crippen LogP contribution < -0.4 is 4.74 Å². The Bertz CT molecular complexity index is 684. The van der Waals surface area contributed by atoms with Crippen molar-refractivity contribution >= 4 is 45.8 Å². The zero-order valence-corrected chi connectivity index (χ0v) is 18.4. The topological polar surface area (TPSA) is 107 Å². The summed E-state index contributed by atoms with van der Waals surface area (Å²) < 4.78 is 21.1. The van der Waals surface area contributed by atoms with Crippen LogP contribution in [0.4, 0.5) is 0 Å². The zero-order chi connectivity index (χ0) is 19.7. The van der Waals surface area contributed by atoms with Crippen molar-refractivity contribution in [3.63, 3.8) is 0 Å². The maximum Gasteiger partial charge on any atom is 2.00 e. The van der Waals surface area contributed by atoms with Gasteiger partial charge >= 0.3 is 29.0 Å². The van der Waals surface area contributed by atoms with Gasteiger partial charge in [-0.25, -0.2) is 4.79 Å². The van der Waals surface area contributed by atoms with Crippen molar-refractivity contribution in [2.24, 2.45) is 4.99 Å². The molecule has 8 nitrogen and oxygen atoms in total. The van der Waals surface area contributed by atoms with E-state index in [1.54, 1.807) is 32.2 Å². The van der Waals surface area contributed by atoms with Gasteiger partial charge in [-0.05, 0) is 19.1 Å². The molecular weight excluding hydrogens is 399 g/mol. The van der Waals surface area contributed by atoms with Crippen LogP contribution in [0.1, 0.15) is 15.3 Å². The third-order valence-corrected chi connectivity index (χ3v) is 5.11. The van der Waals surface area contributed by atoms with E-state index in [0.717, 1.165) is 0 Å². The zero-order valence-electron chi connectivity index (χ0n) is 18.2. The molecule has 1 aromatic carbocycles. The van der Waals surface area contributed by atoms with Gasteiger partial charge in [0, 0.05) is 12.9 Å². The van der Waals surface area contributed by atoms with Crippen LogP contribution in [-0.4, -0.2) is 102 Å². The average molecular weight is 426 g/mol. The smallest absolute Gasteiger partial charge is 1.00 e. The molecule has 1 aliphatic rings. The number of aromatic hydroxyl groups is 1. The van der Waals surface area contributed by atoms with Crippen molar-refractivity contribution in [2.45, 2.75) is 12.5 Å². The third-order valence-electron chi connectivity index (χ3n) is 3.82. The van der Waals surface area contributed by atoms with Gasteiger partial charge in [-0.1, -0.05) is 6.07 Å². The molecule has 1 aliphatic heterocycles. The van der Waals surface area contributed by atoms with Crippen LogP contribution in [0.5, 0.6) is 11.5 Å². The first-order chi connectivity index (χ1) is 13.0. The average Bonchev–Trinajstić information content (AvgIpc) is 3.05. The molecule has 0 aliphatic carbocycles. The van der Waals surface area contributed by atoms with Gasteiger partial charge in [-0.2, -0.15) is 0 Å². The molecule has 28 heavy (non-hydrogen) atoms. The van der Waals surface area contributed by atoms with Crippen molar-refractivity contribution < 1.29 is 36.8 Å². The van der Waals surface area contributed by atoms with Gasteiger partial charge in [0.2, 0.25) is 0 Å². The fraction of sp³-hybridized carbons (Fsp3) is 0.556. The van der Waals surface area contributed by atoms with Crippen LogP contribution in [0.3, 0.4) is 0 Å². The van der Waals surface area contributed by atoms with Crippen LogP contribution in [0, 0.1) is 0 Å². The normalized spacial score (nSPS) is 18.4. The Morgan fingerprint density at radius 1 is 1.21 bits per heavy atom. The Labute approximate surface area is 187 Å². The summed E-state index contributed by atoms with van der Waals surface area (Å²) in [6.45, 7) is 4.17. The van der Waals surface area contributed by atoms with Crippen molar-refractivity contribution in [1.82, 2.24) is 0 Å². The fourth-order valence-electron chi connectivity index (χ4n) is 2.23. The number of methoxy groups -OCH3 is 1. The second kappa shape index (κ2) is 12.5. The number of para-hydroxylation sites is 1. The van der Waals surface area contributed by atoms with Gasteiger partial charge in [0.15, 0.2) is 17.0 Å². The van der Waals surface area contributed by atoms with E-state index >= 15 is 0 Å². The van der Waals surface area contributed by atoms with Gasteiger partial charge in [0.05, 0.1) is 38.6 Å². The molecule has 0 saturated heterocycles. The number of nitrogens with zero attached hydrogens (tertiary/aromatic N) is 1. The number of phenols is 1. The number of rotatable bonds is 12. The second-order valence-electron chi connectivity index (χ2n) is 6.00. The van der Waals surface area contributed by atoms with Gasteiger partial charge in [0.1, 0.15) is 11.7 Å². The largest absolute Gasteiger partial charge is 2.00 e. The van der Waals surface area contributed by atoms with Gasteiger partial charge in [0.25, 0.3) is 0 Å². The van der Waals surface area contributed by atoms with E-state index in [2.05, 4.69) is 4.99 Å². The first-order valence-corrected chi connectivity index (χ1v) is 9.52. The number of ether oxygens (including phenoxy) is 4. The minimum atomic E-state index is -1.18. The predicted molar refractivity (Wildman–Crippen MR) is 110 cm³/mol. The Morgan fingerprint density at radius 3 is 2.46 bits per heavy atom. The summed E-state index contributed by atoms with van der Waals surface area (Å²) in [5.41, 5.74) is -0.711. The van der Waals surface area contributed by atoms with Crippen LogP contribution in [-0.2, 0) is 19.0 Å². The molecule has 0 aromatic heterocycles. The minimum absolute atomic E-state index is 0. The summed E-state index contributed by atoms with van der Waals surface area (Å²) in [5.74, 6) is -0.413. The summed E-state index contributed by atoms with van der Waals surface area (Å²) in [5, 5.41) is 20.2. The standard InChI is InChI=1S/C18H25NO7S.Mg.2H/c1-18(17(21)22)12-27-16(19-18)13-4-3-5-14(15(13)20)26-11-10-25-9-8-24-7-6-23-2;;;/h3-5,20H,6-12H2,1-2H3,(H,21,22);;;/q;+2;2*-1/t18-;;;/m1.../s1. The van der Waals surface area contributed by atoms with E-state index in [4.69, 9.17) is 18.9 Å². The molecule has 0 unspecified atom stereocenters. The van der Waals surface area contributed by atoms with Gasteiger partial charge in [-0.3, -0.25) is 4.99 Å². The number of hydrogen-bond donors (Lipinski definition) is 2. The van der Waals surface area contributed by atoms with E-state index in [1.807, 2.05) is 0 Å². The molecule has 1 aromatic rings. The van der Waals surface area contributed by atoms with E-state index in [9.17, 15) is 15.0 Å². The van der Waals surface area contributed by atoms with Crippen LogP contribution >= 0.6 is 11.8 Å². The molecule has 2 rings (SSSR count). The first-order valence-electron chi connectivity index (χ1n) is 8.53. The van der Waals surface area contributed by atoms with Gasteiger partial charge in [-0.15, -0.1) is 11.8 Å². The second-order valence-corrected chi connectivity index (χ2v) is 6.97. The number of carboxylic acids is 1. The molecule has 0 bridgehead atoms. The SMILES string of the molecule is COCCOCCOCCOc1cccc(C2=N[C@@](C)(C(=O)O)CS2)c1O.[H-].[H-].[Mg+2]. The minimum Gasteiger partial charge on any atom is -1.00 e. The molecule has 0 radical (unpaired) electrons. The summed E-state index contributed by atoms with van der Waals surface area (Å²) in [4.78, 5) is 15.6. The number of hydrogen-bond acceptors (Lipinski definition) is 8. The number of thioether (sulfide) groups is 1. The molecule has 10 heteroatoms. The van der Waals surface area contributed by atoms with E-state index in [-0.39, 0.29) is 38.3 Å². The Hall–Kier alpha value is -1.04. The van der Waals surface area contributed by atoms with Crippen molar-refractivity contribution in [3.8, 4) is 11.5 Å². The molecule has 1 heterocycles. The number of carboxylic acid groups (broad SMARTS) is 1. The summed E-state index contributed by atoms with van der Waals surface area (Å²) in [6, 6.07) is 5.06. The number of aliphatic carboxylic acids is 1. The van der Waals surface area contributed by atoms with E-state index in [1.165, 1.54) is 11.8 Å². The molecule has 2 N–H and O–H groups in total. The quantitative estimate of drug-likeness (QED) is 0.384. The summed E-state index contributed by atoms with van der Waals surface area (Å²) in [7, 11) is 1.62. The number of phenolic OH excluding ortho intramolecular Hbond substituents is 1. The third kappa shape index (κ3) is 7.09. The first kappa shape index (κ1) is 25.0. The molecule has 154 valence electrons. The molecular formula is C18H27MgNO7S. The molecule has 0 amide bonds. The van der Waals surface area contributed by atoms with E-state index < -0.39 is 11.5 Å². The predicted octanol–water partition coefficient (Wildman–Crippen LogP) is 1.63. The Morgan fingerprint density at radius 2 is 1.86 bits per heavy atom. The van der Waals surface area contributed by atoms with Gasteiger partial charge < -0.3 is 32.0 Å². The monoisotopic (exact) mass is 425 g/mol. The number of carbonyl (C=O) groups is 1.